The molecule has 0 radical (unpaired) electrons. The third-order valence-electron chi connectivity index (χ3n) is 3.49. The molecule has 1 saturated carbocycles. The van der Waals surface area contributed by atoms with Crippen LogP contribution in [0, 0.1) is 5.92 Å². The van der Waals surface area contributed by atoms with E-state index in [0.717, 1.165) is 37.3 Å². The second-order valence-electron chi connectivity index (χ2n) is 4.86. The smallest absolute Gasteiger partial charge is 0.132 e. The lowest BCUT2D eigenvalue weighted by Crippen LogP contribution is -2.29. The molecular weight excluding hydrogens is 200 g/mol. The molecule has 0 amide bonds. The van der Waals surface area contributed by atoms with Crippen molar-refractivity contribution in [2.24, 2.45) is 5.92 Å². The van der Waals surface area contributed by atoms with Crippen LogP contribution in [0.1, 0.15) is 38.9 Å². The van der Waals surface area contributed by atoms with Gasteiger partial charge in [0.2, 0.25) is 0 Å². The molecule has 4 nitrogen and oxygen atoms in total. The molecule has 16 heavy (non-hydrogen) atoms. The highest BCUT2D eigenvalue weighted by Crippen LogP contribution is 2.24. The molecule has 1 aliphatic carbocycles. The van der Waals surface area contributed by atoms with Crippen LogP contribution in [0.5, 0.6) is 0 Å². The fraction of sp³-hybridized carbons (Fsp3) is 0.833. The zero-order valence-corrected chi connectivity index (χ0v) is 10.3. The third kappa shape index (κ3) is 2.82. The van der Waals surface area contributed by atoms with Gasteiger partial charge in [0.1, 0.15) is 12.2 Å². The molecule has 0 aromatic carbocycles. The quantitative estimate of drug-likeness (QED) is 0.823. The lowest BCUT2D eigenvalue weighted by molar-refractivity contribution is 0.477. The van der Waals surface area contributed by atoms with E-state index in [1.54, 1.807) is 0 Å². The Morgan fingerprint density at radius 1 is 1.50 bits per heavy atom. The molecular formula is C12H22N4. The van der Waals surface area contributed by atoms with Gasteiger partial charge in [-0.2, -0.15) is 0 Å². The van der Waals surface area contributed by atoms with E-state index in [1.165, 1.54) is 19.3 Å². The Bertz CT molecular complexity index is 321. The first-order valence-electron chi connectivity index (χ1n) is 6.39. The van der Waals surface area contributed by atoms with Crippen LogP contribution >= 0.6 is 0 Å². The molecule has 1 aromatic rings. The Kier molecular flexibility index (Phi) is 3.93. The van der Waals surface area contributed by atoms with Crippen LogP contribution < -0.4 is 5.32 Å². The summed E-state index contributed by atoms with van der Waals surface area (Å²) in [4.78, 5) is 0. The molecule has 2 atom stereocenters. The molecule has 0 bridgehead atoms. The maximum atomic E-state index is 4.08. The Morgan fingerprint density at radius 2 is 2.38 bits per heavy atom. The van der Waals surface area contributed by atoms with E-state index in [-0.39, 0.29) is 0 Å². The maximum absolute atomic E-state index is 4.08. The summed E-state index contributed by atoms with van der Waals surface area (Å²) in [5.74, 6) is 1.99. The monoisotopic (exact) mass is 222 g/mol. The molecule has 4 heteroatoms. The molecule has 1 aliphatic rings. The second kappa shape index (κ2) is 5.43. The van der Waals surface area contributed by atoms with Crippen molar-refractivity contribution < 1.29 is 0 Å². The van der Waals surface area contributed by atoms with Crippen LogP contribution in [0.4, 0.5) is 0 Å². The highest BCUT2D eigenvalue weighted by Gasteiger charge is 2.20. The molecule has 1 N–H and O–H groups in total. The van der Waals surface area contributed by atoms with Gasteiger partial charge in [0.05, 0.1) is 0 Å². The minimum Gasteiger partial charge on any atom is -0.316 e. The first-order chi connectivity index (χ1) is 7.79. The largest absolute Gasteiger partial charge is 0.316 e. The highest BCUT2D eigenvalue weighted by atomic mass is 15.3. The summed E-state index contributed by atoms with van der Waals surface area (Å²) in [7, 11) is 0. The lowest BCUT2D eigenvalue weighted by Gasteiger charge is -2.12. The highest BCUT2D eigenvalue weighted by molar-refractivity contribution is 4.85. The summed E-state index contributed by atoms with van der Waals surface area (Å²) in [6.07, 6.45) is 6.84. The summed E-state index contributed by atoms with van der Waals surface area (Å²) in [6, 6.07) is 0.733. The van der Waals surface area contributed by atoms with Crippen molar-refractivity contribution in [2.45, 2.75) is 52.1 Å². The van der Waals surface area contributed by atoms with Crippen molar-refractivity contribution in [1.82, 2.24) is 20.1 Å². The Labute approximate surface area is 97.5 Å². The van der Waals surface area contributed by atoms with Crippen LogP contribution in [0.3, 0.4) is 0 Å². The zero-order chi connectivity index (χ0) is 11.4. The molecule has 0 aliphatic heterocycles. The van der Waals surface area contributed by atoms with Crippen LogP contribution in [0.15, 0.2) is 6.33 Å². The molecule has 90 valence electrons. The number of hydrogen-bond donors (Lipinski definition) is 1. The Hall–Kier alpha value is -0.900. The van der Waals surface area contributed by atoms with E-state index in [1.807, 2.05) is 6.33 Å². The fourth-order valence-corrected chi connectivity index (χ4v) is 2.52. The summed E-state index contributed by atoms with van der Waals surface area (Å²) >= 11 is 0. The first-order valence-corrected chi connectivity index (χ1v) is 6.39. The van der Waals surface area contributed by atoms with E-state index >= 15 is 0 Å². The third-order valence-corrected chi connectivity index (χ3v) is 3.49. The predicted octanol–water partition coefficient (Wildman–Crippen LogP) is 1.62. The fourth-order valence-electron chi connectivity index (χ4n) is 2.52. The van der Waals surface area contributed by atoms with Crippen LogP contribution in [0.25, 0.3) is 0 Å². The SMILES string of the molecule is CCc1nncn1CCNC1CCC(C)C1. The van der Waals surface area contributed by atoms with Crippen LogP contribution in [0.2, 0.25) is 0 Å². The van der Waals surface area contributed by atoms with Gasteiger partial charge in [-0.05, 0) is 25.2 Å². The second-order valence-corrected chi connectivity index (χ2v) is 4.86. The molecule has 1 fully saturated rings. The van der Waals surface area contributed by atoms with Crippen molar-refractivity contribution in [3.8, 4) is 0 Å². The predicted molar refractivity (Wildman–Crippen MR) is 64.2 cm³/mol. The Balaban J connectivity index is 1.72. The number of nitrogens with one attached hydrogen (secondary N) is 1. The lowest BCUT2D eigenvalue weighted by atomic mass is 10.1. The average molecular weight is 222 g/mol. The van der Waals surface area contributed by atoms with Gasteiger partial charge >= 0.3 is 0 Å². The summed E-state index contributed by atoms with van der Waals surface area (Å²) < 4.78 is 2.14. The number of nitrogens with zero attached hydrogens (tertiary/aromatic N) is 3. The van der Waals surface area contributed by atoms with Crippen molar-refractivity contribution in [1.29, 1.82) is 0 Å². The van der Waals surface area contributed by atoms with Gasteiger partial charge in [-0.3, -0.25) is 0 Å². The van der Waals surface area contributed by atoms with E-state index < -0.39 is 0 Å². The van der Waals surface area contributed by atoms with Gasteiger partial charge in [-0.25, -0.2) is 0 Å². The van der Waals surface area contributed by atoms with Gasteiger partial charge in [0.25, 0.3) is 0 Å². The van der Waals surface area contributed by atoms with E-state index in [0.29, 0.717) is 0 Å². The first kappa shape index (κ1) is 11.6. The molecule has 2 unspecified atom stereocenters. The minimum atomic E-state index is 0.733. The van der Waals surface area contributed by atoms with Gasteiger partial charge in [-0.15, -0.1) is 10.2 Å². The Morgan fingerprint density at radius 3 is 3.06 bits per heavy atom. The van der Waals surface area contributed by atoms with Crippen LogP contribution in [-0.2, 0) is 13.0 Å². The van der Waals surface area contributed by atoms with Gasteiger partial charge < -0.3 is 9.88 Å². The molecule has 1 aromatic heterocycles. The number of hydrogen-bond acceptors (Lipinski definition) is 3. The van der Waals surface area contributed by atoms with Gasteiger partial charge in [0.15, 0.2) is 0 Å². The number of rotatable bonds is 5. The van der Waals surface area contributed by atoms with Crippen molar-refractivity contribution >= 4 is 0 Å². The topological polar surface area (TPSA) is 42.7 Å². The maximum Gasteiger partial charge on any atom is 0.132 e. The summed E-state index contributed by atoms with van der Waals surface area (Å²) in [5.41, 5.74) is 0. The van der Waals surface area contributed by atoms with E-state index in [9.17, 15) is 0 Å². The number of aryl methyl sites for hydroxylation is 1. The average Bonchev–Trinajstić information content (AvgIpc) is 2.87. The normalized spacial score (nSPS) is 25.1. The zero-order valence-electron chi connectivity index (χ0n) is 10.3. The molecule has 1 heterocycles. The van der Waals surface area contributed by atoms with Crippen LogP contribution in [-0.4, -0.2) is 27.4 Å². The van der Waals surface area contributed by atoms with Crippen molar-refractivity contribution in [3.05, 3.63) is 12.2 Å². The standard InChI is InChI=1S/C12H22N4/c1-3-12-15-14-9-16(12)7-6-13-11-5-4-10(2)8-11/h9-11,13H,3-8H2,1-2H3. The van der Waals surface area contributed by atoms with Gasteiger partial charge in [0, 0.05) is 25.6 Å². The number of aromatic nitrogens is 3. The van der Waals surface area contributed by atoms with E-state index in [4.69, 9.17) is 0 Å². The van der Waals surface area contributed by atoms with Crippen molar-refractivity contribution in [2.75, 3.05) is 6.54 Å². The minimum absolute atomic E-state index is 0.733. The van der Waals surface area contributed by atoms with Gasteiger partial charge in [-0.1, -0.05) is 13.8 Å². The molecule has 2 rings (SSSR count). The molecule has 0 spiro atoms. The summed E-state index contributed by atoms with van der Waals surface area (Å²) in [5, 5.41) is 11.6. The summed E-state index contributed by atoms with van der Waals surface area (Å²) in [6.45, 7) is 6.48. The van der Waals surface area contributed by atoms with E-state index in [2.05, 4.69) is 33.9 Å². The molecule has 0 saturated heterocycles. The van der Waals surface area contributed by atoms with Crippen molar-refractivity contribution in [3.63, 3.8) is 0 Å².